The van der Waals surface area contributed by atoms with Crippen LogP contribution in [-0.2, 0) is 4.79 Å². The summed E-state index contributed by atoms with van der Waals surface area (Å²) in [6.07, 6.45) is 7.06. The van der Waals surface area contributed by atoms with Crippen molar-refractivity contribution in [1.82, 2.24) is 15.0 Å². The highest BCUT2D eigenvalue weighted by Gasteiger charge is 2.22. The van der Waals surface area contributed by atoms with E-state index in [1.807, 2.05) is 12.1 Å². The van der Waals surface area contributed by atoms with Gasteiger partial charge in [0, 0.05) is 29.8 Å². The Morgan fingerprint density at radius 1 is 1.00 bits per heavy atom. The second-order valence-corrected chi connectivity index (χ2v) is 9.09. The van der Waals surface area contributed by atoms with E-state index in [0.29, 0.717) is 22.8 Å². The summed E-state index contributed by atoms with van der Waals surface area (Å²) >= 11 is 0. The first-order valence-electron chi connectivity index (χ1n) is 11.6. The van der Waals surface area contributed by atoms with Gasteiger partial charge in [0.1, 0.15) is 17.2 Å². The van der Waals surface area contributed by atoms with Crippen molar-refractivity contribution in [2.24, 2.45) is 5.92 Å². The van der Waals surface area contributed by atoms with Crippen molar-refractivity contribution in [2.75, 3.05) is 0 Å². The van der Waals surface area contributed by atoms with Crippen LogP contribution in [0.3, 0.4) is 0 Å². The number of aromatic amines is 1. The minimum Gasteiger partial charge on any atom is -0.481 e. The van der Waals surface area contributed by atoms with Gasteiger partial charge in [0.15, 0.2) is 5.82 Å². The molecule has 2 heterocycles. The highest BCUT2D eigenvalue weighted by molar-refractivity contribution is 5.80. The van der Waals surface area contributed by atoms with Crippen molar-refractivity contribution in [3.8, 4) is 22.6 Å². The Morgan fingerprint density at radius 3 is 2.53 bits per heavy atom. The Balaban J connectivity index is 1.30. The van der Waals surface area contributed by atoms with Gasteiger partial charge in [-0.2, -0.15) is 0 Å². The number of H-pyrrole nitrogens is 1. The predicted octanol–water partition coefficient (Wildman–Crippen LogP) is 6.71. The first kappa shape index (κ1) is 22.2. The molecular weight excluding hydrogens is 436 g/mol. The van der Waals surface area contributed by atoms with Gasteiger partial charge in [-0.25, -0.2) is 13.8 Å². The van der Waals surface area contributed by atoms with Crippen LogP contribution in [0.2, 0.25) is 0 Å². The lowest BCUT2D eigenvalue weighted by molar-refractivity contribution is -0.138. The Bertz CT molecular complexity index is 1320. The summed E-state index contributed by atoms with van der Waals surface area (Å²) in [7, 11) is 0. The van der Waals surface area contributed by atoms with Crippen LogP contribution in [0.15, 0.2) is 54.7 Å². The van der Waals surface area contributed by atoms with Crippen molar-refractivity contribution in [3.63, 3.8) is 0 Å². The minimum absolute atomic E-state index is 0.101. The number of nitrogens with zero attached hydrogens (tertiary/aromatic N) is 2. The molecule has 1 saturated carbocycles. The average Bonchev–Trinajstić information content (AvgIpc) is 3.12. The van der Waals surface area contributed by atoms with E-state index in [1.165, 1.54) is 11.6 Å². The second-order valence-electron chi connectivity index (χ2n) is 9.09. The molecule has 0 amide bonds. The smallest absolute Gasteiger partial charge is 0.303 e. The molecule has 0 spiro atoms. The Hall–Kier alpha value is -3.61. The number of benzene rings is 2. The van der Waals surface area contributed by atoms with Crippen LogP contribution in [0.1, 0.15) is 50.0 Å². The SMILES string of the molecule is O=C(O)CC1CCCC(c2ccc(-c3ccc(-c4nc5c(F)cc(F)cc5[nH]4)cn3)cc2)CC1. The lowest BCUT2D eigenvalue weighted by Gasteiger charge is -2.15. The van der Waals surface area contributed by atoms with Gasteiger partial charge in [-0.15, -0.1) is 0 Å². The maximum atomic E-state index is 14.0. The maximum Gasteiger partial charge on any atom is 0.303 e. The summed E-state index contributed by atoms with van der Waals surface area (Å²) in [5.74, 6) is -0.876. The quantitative estimate of drug-likeness (QED) is 0.324. The number of fused-ring (bicyclic) bond motifs is 1. The highest BCUT2D eigenvalue weighted by Crippen LogP contribution is 2.36. The first-order chi connectivity index (χ1) is 16.5. The topological polar surface area (TPSA) is 78.9 Å². The fourth-order valence-electron chi connectivity index (χ4n) is 4.97. The van der Waals surface area contributed by atoms with Gasteiger partial charge in [-0.1, -0.05) is 30.7 Å². The third-order valence-electron chi connectivity index (χ3n) is 6.77. The summed E-state index contributed by atoms with van der Waals surface area (Å²) in [5.41, 5.74) is 4.18. The predicted molar refractivity (Wildman–Crippen MR) is 126 cm³/mol. The fourth-order valence-corrected chi connectivity index (χ4v) is 4.97. The molecular formula is C27H25F2N3O2. The molecule has 174 valence electrons. The first-order valence-corrected chi connectivity index (χ1v) is 11.6. The van der Waals surface area contributed by atoms with Crippen LogP contribution in [0.25, 0.3) is 33.7 Å². The van der Waals surface area contributed by atoms with Gasteiger partial charge in [0.2, 0.25) is 0 Å². The van der Waals surface area contributed by atoms with Gasteiger partial charge in [-0.05, 0) is 61.3 Å². The summed E-state index contributed by atoms with van der Waals surface area (Å²) in [4.78, 5) is 22.8. The number of aromatic nitrogens is 3. The molecule has 2 aromatic carbocycles. The fraction of sp³-hybridized carbons (Fsp3) is 0.296. The number of hydrogen-bond acceptors (Lipinski definition) is 3. The van der Waals surface area contributed by atoms with Gasteiger partial charge in [0.25, 0.3) is 0 Å². The number of carboxylic acids is 1. The number of carbonyl (C=O) groups is 1. The van der Waals surface area contributed by atoms with Crippen LogP contribution >= 0.6 is 0 Å². The van der Waals surface area contributed by atoms with Crippen LogP contribution in [0.5, 0.6) is 0 Å². The molecule has 34 heavy (non-hydrogen) atoms. The van der Waals surface area contributed by atoms with Crippen molar-refractivity contribution >= 4 is 17.0 Å². The molecule has 0 bridgehead atoms. The molecule has 0 radical (unpaired) electrons. The number of halogens is 2. The summed E-state index contributed by atoms with van der Waals surface area (Å²) in [6.45, 7) is 0. The van der Waals surface area contributed by atoms with Crippen LogP contribution < -0.4 is 0 Å². The van der Waals surface area contributed by atoms with E-state index >= 15 is 0 Å². The number of hydrogen-bond donors (Lipinski definition) is 2. The van der Waals surface area contributed by atoms with Crippen molar-refractivity contribution in [1.29, 1.82) is 0 Å². The number of carboxylic acid groups (broad SMARTS) is 1. The minimum atomic E-state index is -0.701. The molecule has 5 nitrogen and oxygen atoms in total. The third kappa shape index (κ3) is 4.69. The molecule has 4 aromatic rings. The number of pyridine rings is 1. The Labute approximate surface area is 195 Å². The summed E-state index contributed by atoms with van der Waals surface area (Å²) in [5, 5.41) is 9.08. The largest absolute Gasteiger partial charge is 0.481 e. The molecule has 2 N–H and O–H groups in total. The summed E-state index contributed by atoms with van der Waals surface area (Å²) in [6, 6.07) is 14.2. The lowest BCUT2D eigenvalue weighted by Crippen LogP contribution is -2.06. The van der Waals surface area contributed by atoms with Crippen LogP contribution in [0, 0.1) is 17.6 Å². The van der Waals surface area contributed by atoms with Crippen molar-refractivity contribution in [3.05, 3.63) is 71.9 Å². The van der Waals surface area contributed by atoms with E-state index in [-0.39, 0.29) is 17.9 Å². The maximum absolute atomic E-state index is 14.0. The van der Waals surface area contributed by atoms with Gasteiger partial charge in [-0.3, -0.25) is 9.78 Å². The van der Waals surface area contributed by atoms with Crippen molar-refractivity contribution < 1.29 is 18.7 Å². The molecule has 2 atom stereocenters. The molecule has 0 saturated heterocycles. The average molecular weight is 462 g/mol. The van der Waals surface area contributed by atoms with E-state index in [0.717, 1.165) is 49.4 Å². The second kappa shape index (κ2) is 9.33. The number of rotatable bonds is 5. The van der Waals surface area contributed by atoms with Gasteiger partial charge >= 0.3 is 5.97 Å². The third-order valence-corrected chi connectivity index (χ3v) is 6.77. The zero-order valence-corrected chi connectivity index (χ0v) is 18.6. The standard InChI is InChI=1S/C27H25F2N3O2/c28-21-13-22(29)26-24(14-21)31-27(32-26)20-10-11-23(30-15-20)19-8-6-18(7-9-19)17-3-1-2-16(4-5-17)12-25(33)34/h6-11,13-17H,1-5,12H2,(H,31,32)(H,33,34). The van der Waals surface area contributed by atoms with Crippen LogP contribution in [-0.4, -0.2) is 26.0 Å². The zero-order valence-electron chi connectivity index (χ0n) is 18.6. The highest BCUT2D eigenvalue weighted by atomic mass is 19.1. The molecule has 2 aromatic heterocycles. The van der Waals surface area contributed by atoms with E-state index in [9.17, 15) is 13.6 Å². The molecule has 2 unspecified atom stereocenters. The van der Waals surface area contributed by atoms with E-state index in [1.54, 1.807) is 6.20 Å². The monoisotopic (exact) mass is 461 g/mol. The Kier molecular flexibility index (Phi) is 6.09. The van der Waals surface area contributed by atoms with E-state index in [4.69, 9.17) is 5.11 Å². The molecule has 1 aliphatic carbocycles. The molecule has 1 aliphatic rings. The zero-order chi connectivity index (χ0) is 23.7. The Morgan fingerprint density at radius 2 is 1.79 bits per heavy atom. The number of aliphatic carboxylic acids is 1. The van der Waals surface area contributed by atoms with E-state index in [2.05, 4.69) is 39.2 Å². The molecule has 0 aliphatic heterocycles. The normalized spacial score (nSPS) is 18.6. The van der Waals surface area contributed by atoms with Gasteiger partial charge in [0.05, 0.1) is 11.2 Å². The molecule has 5 rings (SSSR count). The number of nitrogens with one attached hydrogen (secondary N) is 1. The lowest BCUT2D eigenvalue weighted by atomic mass is 9.90. The molecule has 7 heteroatoms. The van der Waals surface area contributed by atoms with E-state index < -0.39 is 17.6 Å². The van der Waals surface area contributed by atoms with Crippen molar-refractivity contribution in [2.45, 2.75) is 44.4 Å². The van der Waals surface area contributed by atoms with Gasteiger partial charge < -0.3 is 10.1 Å². The summed E-state index contributed by atoms with van der Waals surface area (Å²) < 4.78 is 27.4. The number of imidazole rings is 1. The molecule has 1 fully saturated rings. The van der Waals surface area contributed by atoms with Crippen LogP contribution in [0.4, 0.5) is 8.78 Å².